The number of hydrogen-bond acceptors (Lipinski definition) is 6. The maximum atomic E-state index is 13.3. The average Bonchev–Trinajstić information content (AvgIpc) is 3.69. The molecule has 0 radical (unpaired) electrons. The van der Waals surface area contributed by atoms with Gasteiger partial charge >= 0.3 is 6.18 Å². The van der Waals surface area contributed by atoms with Crippen LogP contribution in [-0.2, 0) is 36.9 Å². The van der Waals surface area contributed by atoms with Gasteiger partial charge in [0.25, 0.3) is 0 Å². The average molecular weight is 591 g/mol. The summed E-state index contributed by atoms with van der Waals surface area (Å²) < 4.78 is 46.2. The van der Waals surface area contributed by atoms with Crippen LogP contribution in [0.25, 0.3) is 11.5 Å². The smallest absolute Gasteiger partial charge is 0.416 e. The molecular formula is C32H33F3N6O2. The van der Waals surface area contributed by atoms with Crippen molar-refractivity contribution >= 4 is 11.6 Å². The fourth-order valence-corrected chi connectivity index (χ4v) is 5.80. The highest BCUT2D eigenvalue weighted by Crippen LogP contribution is 2.34. The molecule has 1 amide bonds. The molecule has 11 heteroatoms. The molecule has 8 nitrogen and oxygen atoms in total. The van der Waals surface area contributed by atoms with E-state index in [1.54, 1.807) is 12.3 Å². The van der Waals surface area contributed by atoms with Crippen LogP contribution in [0.15, 0.2) is 60.9 Å². The topological polar surface area (TPSA) is 109 Å². The second-order valence-electron chi connectivity index (χ2n) is 11.2. The van der Waals surface area contributed by atoms with E-state index in [-0.39, 0.29) is 24.1 Å². The molecule has 2 aromatic carbocycles. The van der Waals surface area contributed by atoms with Gasteiger partial charge in [-0.15, -0.1) is 0 Å². The summed E-state index contributed by atoms with van der Waals surface area (Å²) in [6.07, 6.45) is 3.19. The number of H-pyrrole nitrogens is 1. The van der Waals surface area contributed by atoms with Crippen LogP contribution in [0.1, 0.15) is 47.2 Å². The number of fused-ring (bicyclic) bond motifs is 1. The number of pyridine rings is 1. The van der Waals surface area contributed by atoms with E-state index in [1.807, 2.05) is 30.5 Å². The maximum Gasteiger partial charge on any atom is 0.416 e. The van der Waals surface area contributed by atoms with E-state index >= 15 is 0 Å². The molecule has 3 heterocycles. The molecular weight excluding hydrogens is 557 g/mol. The Morgan fingerprint density at radius 2 is 1.86 bits per heavy atom. The van der Waals surface area contributed by atoms with Crippen molar-refractivity contribution in [2.75, 3.05) is 18.4 Å². The van der Waals surface area contributed by atoms with Gasteiger partial charge in [0.1, 0.15) is 17.2 Å². The lowest BCUT2D eigenvalue weighted by atomic mass is 9.83. The third-order valence-electron chi connectivity index (χ3n) is 8.03. The number of alkyl halides is 3. The highest BCUT2D eigenvalue weighted by molar-refractivity contribution is 5.93. The van der Waals surface area contributed by atoms with Crippen LogP contribution in [0.2, 0.25) is 0 Å². The lowest BCUT2D eigenvalue weighted by Gasteiger charge is -2.25. The minimum absolute atomic E-state index is 0.0629. The zero-order chi connectivity index (χ0) is 30.0. The van der Waals surface area contributed by atoms with E-state index in [1.165, 1.54) is 18.9 Å². The van der Waals surface area contributed by atoms with Crippen molar-refractivity contribution in [3.63, 3.8) is 0 Å². The minimum atomic E-state index is -4.53. The van der Waals surface area contributed by atoms with Gasteiger partial charge in [-0.2, -0.15) is 13.2 Å². The van der Waals surface area contributed by atoms with Gasteiger partial charge in [-0.3, -0.25) is 14.7 Å². The number of benzene rings is 2. The zero-order valence-electron chi connectivity index (χ0n) is 23.6. The van der Waals surface area contributed by atoms with Gasteiger partial charge in [0.2, 0.25) is 5.91 Å². The number of nitrogens with zero attached hydrogens (tertiary/aromatic N) is 3. The standard InChI is InChI=1S/C32H33F3N6O2/c33-32(34,35)24-11-20(17-36)12-25(15-24)40-31(42)22-4-3-21-5-6-27(14-23(21)13-22)43-28-7-8-37-29(16-28)30-38-18-26(39-30)19-41-9-1-2-10-41/h5-8,11-12,14-16,18,22H,1-4,9-10,13,17,19,36H2,(H,38,39)(H,40,42). The van der Waals surface area contributed by atoms with Gasteiger partial charge in [0, 0.05) is 42.7 Å². The molecule has 1 fully saturated rings. The summed E-state index contributed by atoms with van der Waals surface area (Å²) in [7, 11) is 0. The van der Waals surface area contributed by atoms with E-state index in [2.05, 4.69) is 25.2 Å². The normalized spacial score (nSPS) is 17.1. The van der Waals surface area contributed by atoms with Crippen LogP contribution < -0.4 is 15.8 Å². The quantitative estimate of drug-likeness (QED) is 0.230. The van der Waals surface area contributed by atoms with Gasteiger partial charge in [0.05, 0.1) is 11.8 Å². The highest BCUT2D eigenvalue weighted by Gasteiger charge is 2.32. The second kappa shape index (κ2) is 12.2. The highest BCUT2D eigenvalue weighted by atomic mass is 19.4. The molecule has 0 spiro atoms. The predicted molar refractivity (Wildman–Crippen MR) is 156 cm³/mol. The number of nitrogens with two attached hydrogens (primary N) is 1. The van der Waals surface area contributed by atoms with Gasteiger partial charge in [-0.1, -0.05) is 6.07 Å². The molecule has 4 N–H and O–H groups in total. The third kappa shape index (κ3) is 6.89. The molecule has 6 rings (SSSR count). The van der Waals surface area contributed by atoms with E-state index in [0.717, 1.165) is 48.6 Å². The first-order valence-electron chi connectivity index (χ1n) is 14.5. The van der Waals surface area contributed by atoms with Crippen LogP contribution in [0.5, 0.6) is 11.5 Å². The first kappa shape index (κ1) is 28.9. The van der Waals surface area contributed by atoms with E-state index < -0.39 is 11.7 Å². The lowest BCUT2D eigenvalue weighted by molar-refractivity contribution is -0.137. The zero-order valence-corrected chi connectivity index (χ0v) is 23.6. The Morgan fingerprint density at radius 3 is 2.65 bits per heavy atom. The summed E-state index contributed by atoms with van der Waals surface area (Å²) >= 11 is 0. The van der Waals surface area contributed by atoms with Crippen LogP contribution in [0, 0.1) is 5.92 Å². The van der Waals surface area contributed by atoms with Gasteiger partial charge in [-0.05, 0) is 98.3 Å². The second-order valence-corrected chi connectivity index (χ2v) is 11.2. The molecule has 4 aromatic rings. The lowest BCUT2D eigenvalue weighted by Crippen LogP contribution is -2.28. The SMILES string of the molecule is NCc1cc(NC(=O)C2CCc3ccc(Oc4ccnc(-c5ncc(CN6CCCC6)[nH]5)c4)cc3C2)cc(C(F)(F)F)c1. The van der Waals surface area contributed by atoms with E-state index in [9.17, 15) is 18.0 Å². The number of imidazole rings is 1. The molecule has 0 saturated carbocycles. The number of hydrogen-bond donors (Lipinski definition) is 3. The molecule has 2 aliphatic rings. The van der Waals surface area contributed by atoms with Crippen molar-refractivity contribution in [3.8, 4) is 23.0 Å². The number of aromatic amines is 1. The predicted octanol–water partition coefficient (Wildman–Crippen LogP) is 6.08. The molecule has 1 aliphatic heterocycles. The molecule has 1 unspecified atom stereocenters. The van der Waals surface area contributed by atoms with Crippen LogP contribution >= 0.6 is 0 Å². The Morgan fingerprint density at radius 1 is 1.05 bits per heavy atom. The Kier molecular flexibility index (Phi) is 8.18. The van der Waals surface area contributed by atoms with Crippen molar-refractivity contribution in [1.29, 1.82) is 0 Å². The van der Waals surface area contributed by atoms with Crippen molar-refractivity contribution in [1.82, 2.24) is 19.9 Å². The van der Waals surface area contributed by atoms with Crippen molar-refractivity contribution in [2.24, 2.45) is 11.7 Å². The Bertz CT molecular complexity index is 1610. The summed E-state index contributed by atoms with van der Waals surface area (Å²) in [5, 5.41) is 2.68. The summed E-state index contributed by atoms with van der Waals surface area (Å²) in [5.74, 6) is 1.20. The summed E-state index contributed by atoms with van der Waals surface area (Å²) in [4.78, 5) is 27.9. The number of carbonyl (C=O) groups is 1. The number of halogens is 3. The number of rotatable bonds is 8. The largest absolute Gasteiger partial charge is 0.457 e. The molecule has 1 atom stereocenters. The number of aromatic nitrogens is 3. The van der Waals surface area contributed by atoms with Crippen LogP contribution in [0.3, 0.4) is 0 Å². The number of anilines is 1. The van der Waals surface area contributed by atoms with Crippen molar-refractivity contribution < 1.29 is 22.7 Å². The molecule has 43 heavy (non-hydrogen) atoms. The molecule has 0 bridgehead atoms. The van der Waals surface area contributed by atoms with Crippen molar-refractivity contribution in [3.05, 3.63) is 88.9 Å². The number of aryl methyl sites for hydroxylation is 1. The Labute approximate surface area is 247 Å². The first-order valence-corrected chi connectivity index (χ1v) is 14.5. The van der Waals surface area contributed by atoms with Crippen LogP contribution in [0.4, 0.5) is 18.9 Å². The van der Waals surface area contributed by atoms with Gasteiger partial charge in [0.15, 0.2) is 5.82 Å². The summed E-state index contributed by atoms with van der Waals surface area (Å²) in [6.45, 7) is 2.99. The van der Waals surface area contributed by atoms with E-state index in [0.29, 0.717) is 47.8 Å². The number of likely N-dealkylation sites (tertiary alicyclic amines) is 1. The van der Waals surface area contributed by atoms with Crippen molar-refractivity contribution in [2.45, 2.75) is 51.4 Å². The van der Waals surface area contributed by atoms with Crippen LogP contribution in [-0.4, -0.2) is 38.8 Å². The van der Waals surface area contributed by atoms with Gasteiger partial charge < -0.3 is 20.8 Å². The molecule has 1 aliphatic carbocycles. The number of carbonyl (C=O) groups excluding carboxylic acids is 1. The molecule has 224 valence electrons. The van der Waals surface area contributed by atoms with Gasteiger partial charge in [-0.25, -0.2) is 4.98 Å². The fourth-order valence-electron chi connectivity index (χ4n) is 5.80. The third-order valence-corrected chi connectivity index (χ3v) is 8.03. The van der Waals surface area contributed by atoms with E-state index in [4.69, 9.17) is 10.5 Å². The Balaban J connectivity index is 1.12. The molecule has 1 saturated heterocycles. The molecule has 2 aromatic heterocycles. The maximum absolute atomic E-state index is 13.3. The fraction of sp³-hybridized carbons (Fsp3) is 0.344. The summed E-state index contributed by atoms with van der Waals surface area (Å²) in [5.41, 5.74) is 8.97. The summed E-state index contributed by atoms with van der Waals surface area (Å²) in [6, 6.07) is 12.9. The Hall–Kier alpha value is -4.22. The monoisotopic (exact) mass is 590 g/mol. The number of nitrogens with one attached hydrogen (secondary N) is 2. The number of amides is 1. The minimum Gasteiger partial charge on any atom is -0.457 e. The first-order chi connectivity index (χ1) is 20.7. The number of ether oxygens (including phenoxy) is 1.